The SMILES string of the molecule is CCc1cnc(N)nc1N1CCN(C2CCc3ccccc3C2)CC1. The molecule has 1 aromatic heterocycles. The van der Waals surface area contributed by atoms with Crippen LogP contribution in [0.2, 0.25) is 0 Å². The number of fused-ring (bicyclic) bond motifs is 1. The summed E-state index contributed by atoms with van der Waals surface area (Å²) in [6.45, 7) is 6.37. The number of piperazine rings is 1. The van der Waals surface area contributed by atoms with Gasteiger partial charge in [-0.25, -0.2) is 4.98 Å². The van der Waals surface area contributed by atoms with Crippen molar-refractivity contribution in [2.24, 2.45) is 0 Å². The standard InChI is InChI=1S/C20H27N5/c1-2-15-14-22-20(21)23-19(15)25-11-9-24(10-12-25)18-8-7-16-5-3-4-6-17(16)13-18/h3-6,14,18H,2,7-13H2,1H3,(H2,21,22,23). The minimum Gasteiger partial charge on any atom is -0.368 e. The number of anilines is 2. The number of rotatable bonds is 3. The molecule has 0 saturated carbocycles. The van der Waals surface area contributed by atoms with Gasteiger partial charge in [0.25, 0.3) is 0 Å². The van der Waals surface area contributed by atoms with Crippen LogP contribution in [0.3, 0.4) is 0 Å². The molecule has 5 heteroatoms. The average molecular weight is 337 g/mol. The van der Waals surface area contributed by atoms with Crippen LogP contribution in [-0.2, 0) is 19.3 Å². The van der Waals surface area contributed by atoms with E-state index in [0.29, 0.717) is 12.0 Å². The molecule has 0 amide bonds. The predicted molar refractivity (Wildman–Crippen MR) is 102 cm³/mol. The Hall–Kier alpha value is -2.14. The molecule has 1 unspecified atom stereocenters. The maximum atomic E-state index is 5.82. The molecule has 2 aliphatic rings. The third-order valence-corrected chi connectivity index (χ3v) is 5.69. The first-order valence-electron chi connectivity index (χ1n) is 9.41. The molecule has 1 atom stereocenters. The first-order valence-corrected chi connectivity index (χ1v) is 9.41. The van der Waals surface area contributed by atoms with E-state index in [-0.39, 0.29) is 0 Å². The van der Waals surface area contributed by atoms with Crippen LogP contribution in [0.4, 0.5) is 11.8 Å². The average Bonchev–Trinajstić information content (AvgIpc) is 2.68. The van der Waals surface area contributed by atoms with Crippen molar-refractivity contribution in [3.8, 4) is 0 Å². The van der Waals surface area contributed by atoms with Crippen molar-refractivity contribution in [1.82, 2.24) is 14.9 Å². The fraction of sp³-hybridized carbons (Fsp3) is 0.500. The zero-order chi connectivity index (χ0) is 17.2. The lowest BCUT2D eigenvalue weighted by Gasteiger charge is -2.41. The number of nitrogen functional groups attached to an aromatic ring is 1. The largest absolute Gasteiger partial charge is 0.368 e. The van der Waals surface area contributed by atoms with Crippen LogP contribution in [0, 0.1) is 0 Å². The number of hydrogen-bond donors (Lipinski definition) is 1. The number of aromatic nitrogens is 2. The van der Waals surface area contributed by atoms with Crippen molar-refractivity contribution in [2.45, 2.75) is 38.6 Å². The van der Waals surface area contributed by atoms with Crippen LogP contribution in [0.5, 0.6) is 0 Å². The van der Waals surface area contributed by atoms with Crippen molar-refractivity contribution < 1.29 is 0 Å². The van der Waals surface area contributed by atoms with Gasteiger partial charge in [-0.1, -0.05) is 31.2 Å². The van der Waals surface area contributed by atoms with Gasteiger partial charge in [0, 0.05) is 44.0 Å². The van der Waals surface area contributed by atoms with Gasteiger partial charge in [-0.05, 0) is 36.8 Å². The van der Waals surface area contributed by atoms with Gasteiger partial charge in [-0.3, -0.25) is 4.90 Å². The van der Waals surface area contributed by atoms with E-state index in [2.05, 4.69) is 51.0 Å². The van der Waals surface area contributed by atoms with Gasteiger partial charge in [0.2, 0.25) is 5.95 Å². The van der Waals surface area contributed by atoms with Gasteiger partial charge in [0.1, 0.15) is 5.82 Å². The van der Waals surface area contributed by atoms with Crippen molar-refractivity contribution in [2.75, 3.05) is 36.8 Å². The summed E-state index contributed by atoms with van der Waals surface area (Å²) in [5.74, 6) is 1.40. The zero-order valence-electron chi connectivity index (χ0n) is 15.0. The Kier molecular flexibility index (Phi) is 4.57. The second-order valence-corrected chi connectivity index (χ2v) is 7.12. The van der Waals surface area contributed by atoms with Crippen LogP contribution in [0.25, 0.3) is 0 Å². The summed E-state index contributed by atoms with van der Waals surface area (Å²) < 4.78 is 0. The van der Waals surface area contributed by atoms with Gasteiger partial charge in [0.15, 0.2) is 0 Å². The number of nitrogens with two attached hydrogens (primary N) is 1. The zero-order valence-corrected chi connectivity index (χ0v) is 15.0. The Morgan fingerprint density at radius 1 is 1.12 bits per heavy atom. The highest BCUT2D eigenvalue weighted by molar-refractivity contribution is 5.49. The molecule has 2 aromatic rings. The summed E-state index contributed by atoms with van der Waals surface area (Å²) >= 11 is 0. The molecule has 0 radical (unpaired) electrons. The molecule has 25 heavy (non-hydrogen) atoms. The summed E-state index contributed by atoms with van der Waals surface area (Å²) in [6, 6.07) is 9.60. The molecule has 1 aliphatic carbocycles. The van der Waals surface area contributed by atoms with Crippen LogP contribution in [0.15, 0.2) is 30.5 Å². The molecule has 2 N–H and O–H groups in total. The molecule has 0 bridgehead atoms. The fourth-order valence-electron chi connectivity index (χ4n) is 4.22. The first kappa shape index (κ1) is 16.3. The molecule has 1 aliphatic heterocycles. The van der Waals surface area contributed by atoms with E-state index in [0.717, 1.165) is 38.4 Å². The van der Waals surface area contributed by atoms with Crippen LogP contribution in [0.1, 0.15) is 30.0 Å². The maximum absolute atomic E-state index is 5.82. The summed E-state index contributed by atoms with van der Waals surface area (Å²) in [6.07, 6.45) is 6.50. The third kappa shape index (κ3) is 3.33. The molecule has 1 fully saturated rings. The van der Waals surface area contributed by atoms with Crippen LogP contribution >= 0.6 is 0 Å². The van der Waals surface area contributed by atoms with E-state index < -0.39 is 0 Å². The highest BCUT2D eigenvalue weighted by atomic mass is 15.3. The Morgan fingerprint density at radius 2 is 1.88 bits per heavy atom. The molecule has 1 saturated heterocycles. The van der Waals surface area contributed by atoms with Gasteiger partial charge >= 0.3 is 0 Å². The lowest BCUT2D eigenvalue weighted by Crippen LogP contribution is -2.52. The smallest absolute Gasteiger partial charge is 0.221 e. The van der Waals surface area contributed by atoms with E-state index >= 15 is 0 Å². The first-order chi connectivity index (χ1) is 12.2. The molecule has 1 aromatic carbocycles. The molecule has 2 heterocycles. The highest BCUT2D eigenvalue weighted by Gasteiger charge is 2.28. The normalized spacial score (nSPS) is 21.2. The van der Waals surface area contributed by atoms with E-state index in [1.807, 2.05) is 6.20 Å². The van der Waals surface area contributed by atoms with Crippen LogP contribution in [-0.4, -0.2) is 47.1 Å². The molecular formula is C20H27N5. The minimum atomic E-state index is 0.374. The Bertz CT molecular complexity index is 737. The lowest BCUT2D eigenvalue weighted by atomic mass is 9.87. The maximum Gasteiger partial charge on any atom is 0.221 e. The number of hydrogen-bond acceptors (Lipinski definition) is 5. The number of aryl methyl sites for hydroxylation is 2. The van der Waals surface area contributed by atoms with Crippen molar-refractivity contribution in [3.05, 3.63) is 47.2 Å². The second-order valence-electron chi connectivity index (χ2n) is 7.12. The Balaban J connectivity index is 1.42. The quantitative estimate of drug-likeness (QED) is 0.931. The van der Waals surface area contributed by atoms with Gasteiger partial charge in [0.05, 0.1) is 0 Å². The monoisotopic (exact) mass is 337 g/mol. The second kappa shape index (κ2) is 7.00. The fourth-order valence-corrected chi connectivity index (χ4v) is 4.22. The summed E-state index contributed by atoms with van der Waals surface area (Å²) in [4.78, 5) is 13.7. The van der Waals surface area contributed by atoms with Gasteiger partial charge < -0.3 is 10.6 Å². The molecular weight excluding hydrogens is 310 g/mol. The van der Waals surface area contributed by atoms with E-state index in [4.69, 9.17) is 5.73 Å². The highest BCUT2D eigenvalue weighted by Crippen LogP contribution is 2.26. The third-order valence-electron chi connectivity index (χ3n) is 5.69. The van der Waals surface area contributed by atoms with Gasteiger partial charge in [-0.2, -0.15) is 4.98 Å². The van der Waals surface area contributed by atoms with Crippen molar-refractivity contribution >= 4 is 11.8 Å². The Morgan fingerprint density at radius 3 is 2.64 bits per heavy atom. The van der Waals surface area contributed by atoms with E-state index in [1.54, 1.807) is 5.56 Å². The Labute approximate surface area is 149 Å². The predicted octanol–water partition coefficient (Wildman–Crippen LogP) is 2.30. The molecule has 5 nitrogen and oxygen atoms in total. The molecule has 4 rings (SSSR count). The topological polar surface area (TPSA) is 58.3 Å². The van der Waals surface area contributed by atoms with Crippen molar-refractivity contribution in [1.29, 1.82) is 0 Å². The molecule has 132 valence electrons. The molecule has 0 spiro atoms. The van der Waals surface area contributed by atoms with Crippen molar-refractivity contribution in [3.63, 3.8) is 0 Å². The summed E-state index contributed by atoms with van der Waals surface area (Å²) in [7, 11) is 0. The number of nitrogens with zero attached hydrogens (tertiary/aromatic N) is 4. The van der Waals surface area contributed by atoms with E-state index in [1.165, 1.54) is 30.4 Å². The summed E-state index contributed by atoms with van der Waals surface area (Å²) in [5, 5.41) is 0. The summed E-state index contributed by atoms with van der Waals surface area (Å²) in [5.41, 5.74) is 10.1. The van der Waals surface area contributed by atoms with Crippen LogP contribution < -0.4 is 10.6 Å². The van der Waals surface area contributed by atoms with Gasteiger partial charge in [-0.15, -0.1) is 0 Å². The lowest BCUT2D eigenvalue weighted by molar-refractivity contribution is 0.169. The number of benzene rings is 1. The minimum absolute atomic E-state index is 0.374. The van der Waals surface area contributed by atoms with E-state index in [9.17, 15) is 0 Å².